The number of hydrogen-bond donors (Lipinski definition) is 1. The number of nitrogens with one attached hydrogen (secondary N) is 1. The van der Waals surface area contributed by atoms with Gasteiger partial charge in [-0.3, -0.25) is 4.98 Å². The van der Waals surface area contributed by atoms with E-state index < -0.39 is 11.7 Å². The molecule has 0 aliphatic rings. The van der Waals surface area contributed by atoms with Crippen LogP contribution in [0.5, 0.6) is 11.5 Å². The predicted molar refractivity (Wildman–Crippen MR) is 124 cm³/mol. The first-order valence-corrected chi connectivity index (χ1v) is 10.2. The first-order chi connectivity index (χ1) is 16.4. The van der Waals surface area contributed by atoms with Gasteiger partial charge in [0, 0.05) is 23.0 Å². The average Bonchev–Trinajstić information content (AvgIpc) is 3.29. The minimum atomic E-state index is -4.45. The molecule has 4 rings (SSSR count). The normalized spacial score (nSPS) is 11.5. The van der Waals surface area contributed by atoms with Crippen molar-refractivity contribution in [3.05, 3.63) is 90.3 Å². The van der Waals surface area contributed by atoms with Crippen molar-refractivity contribution in [2.45, 2.75) is 13.1 Å². The van der Waals surface area contributed by atoms with Crippen molar-refractivity contribution in [1.82, 2.24) is 15.2 Å². The van der Waals surface area contributed by atoms with E-state index in [1.54, 1.807) is 42.6 Å². The largest absolute Gasteiger partial charge is 0.457 e. The molecular formula is C25H19F3N4O2. The smallest absolute Gasteiger partial charge is 0.416 e. The molecule has 2 heterocycles. The van der Waals surface area contributed by atoms with Gasteiger partial charge >= 0.3 is 12.2 Å². The lowest BCUT2D eigenvalue weighted by atomic mass is 10.1. The van der Waals surface area contributed by atoms with E-state index in [4.69, 9.17) is 9.15 Å². The maximum absolute atomic E-state index is 12.9. The van der Waals surface area contributed by atoms with Crippen LogP contribution < -0.4 is 10.1 Å². The molecule has 172 valence electrons. The van der Waals surface area contributed by atoms with Gasteiger partial charge in [-0.25, -0.2) is 0 Å². The highest BCUT2D eigenvalue weighted by Crippen LogP contribution is 2.32. The first-order valence-electron chi connectivity index (χ1n) is 10.2. The third-order valence-electron chi connectivity index (χ3n) is 4.70. The maximum atomic E-state index is 12.9. The van der Waals surface area contributed by atoms with Gasteiger partial charge in [-0.1, -0.05) is 29.9 Å². The summed E-state index contributed by atoms with van der Waals surface area (Å²) in [7, 11) is 0. The lowest BCUT2D eigenvalue weighted by molar-refractivity contribution is -0.137. The van der Waals surface area contributed by atoms with E-state index in [0.717, 1.165) is 17.7 Å². The molecule has 0 aliphatic carbocycles. The Labute approximate surface area is 193 Å². The third kappa shape index (κ3) is 5.15. The highest BCUT2D eigenvalue weighted by atomic mass is 19.4. The SMILES string of the molecule is C=Cc1nccc(Oc2ccc(-c3nnc(Nc4cccc(C(F)(F)F)c4)o3)cc2)c1/C=C\C. The van der Waals surface area contributed by atoms with Crippen molar-refractivity contribution in [1.29, 1.82) is 0 Å². The number of ether oxygens (including phenoxy) is 1. The Hall–Kier alpha value is -4.40. The minimum Gasteiger partial charge on any atom is -0.457 e. The van der Waals surface area contributed by atoms with Crippen LogP contribution in [0.1, 0.15) is 23.7 Å². The summed E-state index contributed by atoms with van der Waals surface area (Å²) in [5, 5.41) is 10.5. The summed E-state index contributed by atoms with van der Waals surface area (Å²) in [6.45, 7) is 5.68. The predicted octanol–water partition coefficient (Wildman–Crippen LogP) is 7.36. The van der Waals surface area contributed by atoms with Gasteiger partial charge < -0.3 is 14.5 Å². The van der Waals surface area contributed by atoms with Crippen LogP contribution in [0.2, 0.25) is 0 Å². The number of aromatic nitrogens is 3. The molecule has 34 heavy (non-hydrogen) atoms. The third-order valence-corrected chi connectivity index (χ3v) is 4.70. The molecular weight excluding hydrogens is 445 g/mol. The number of allylic oxidation sites excluding steroid dienone is 1. The Morgan fingerprint density at radius 2 is 1.85 bits per heavy atom. The molecule has 0 fully saturated rings. The maximum Gasteiger partial charge on any atom is 0.416 e. The van der Waals surface area contributed by atoms with E-state index in [0.29, 0.717) is 22.8 Å². The molecule has 0 aliphatic heterocycles. The molecule has 4 aromatic rings. The number of nitrogens with zero attached hydrogens (tertiary/aromatic N) is 3. The Morgan fingerprint density at radius 1 is 1.06 bits per heavy atom. The van der Waals surface area contributed by atoms with Crippen LogP contribution in [0.15, 0.2) is 77.9 Å². The fourth-order valence-corrected chi connectivity index (χ4v) is 3.14. The molecule has 0 spiro atoms. The van der Waals surface area contributed by atoms with Crippen LogP contribution in [-0.4, -0.2) is 15.2 Å². The van der Waals surface area contributed by atoms with Crippen LogP contribution in [0.25, 0.3) is 23.6 Å². The van der Waals surface area contributed by atoms with Gasteiger partial charge in [-0.05, 0) is 61.5 Å². The standard InChI is InChI=1S/C25H19F3N4O2/c1-3-6-20-21(4-2)29-14-13-22(20)33-19-11-9-16(10-12-19)23-31-32-24(34-23)30-18-8-5-7-17(15-18)25(26,27)28/h3-15H,2H2,1H3,(H,30,32)/b6-3-. The molecule has 6 nitrogen and oxygen atoms in total. The molecule has 2 aromatic heterocycles. The Balaban J connectivity index is 1.49. The zero-order chi connectivity index (χ0) is 24.1. The highest BCUT2D eigenvalue weighted by molar-refractivity contribution is 5.67. The van der Waals surface area contributed by atoms with Gasteiger partial charge in [0.1, 0.15) is 11.5 Å². The quantitative estimate of drug-likeness (QED) is 0.308. The number of alkyl halides is 3. The Bertz CT molecular complexity index is 1330. The van der Waals surface area contributed by atoms with Gasteiger partial charge in [0.2, 0.25) is 5.89 Å². The van der Waals surface area contributed by atoms with E-state index in [1.165, 1.54) is 12.1 Å². The van der Waals surface area contributed by atoms with Crippen LogP contribution in [0.3, 0.4) is 0 Å². The van der Waals surface area contributed by atoms with Crippen LogP contribution in [0, 0.1) is 0 Å². The number of halogens is 3. The summed E-state index contributed by atoms with van der Waals surface area (Å²) in [5.74, 6) is 1.41. The highest BCUT2D eigenvalue weighted by Gasteiger charge is 2.30. The van der Waals surface area contributed by atoms with Gasteiger partial charge in [0.25, 0.3) is 0 Å². The van der Waals surface area contributed by atoms with Gasteiger partial charge in [-0.2, -0.15) is 13.2 Å². The van der Waals surface area contributed by atoms with Gasteiger partial charge in [-0.15, -0.1) is 5.10 Å². The molecule has 0 saturated carbocycles. The fraction of sp³-hybridized carbons (Fsp3) is 0.0800. The zero-order valence-electron chi connectivity index (χ0n) is 18.0. The van der Waals surface area contributed by atoms with Crippen LogP contribution >= 0.6 is 0 Å². The average molecular weight is 464 g/mol. The second-order valence-electron chi connectivity index (χ2n) is 7.05. The minimum absolute atomic E-state index is 0.0283. The lowest BCUT2D eigenvalue weighted by Crippen LogP contribution is -2.05. The van der Waals surface area contributed by atoms with Crippen molar-refractivity contribution in [2.75, 3.05) is 5.32 Å². The number of hydrogen-bond acceptors (Lipinski definition) is 6. The molecule has 9 heteroatoms. The van der Waals surface area contributed by atoms with E-state index in [-0.39, 0.29) is 17.6 Å². The molecule has 0 radical (unpaired) electrons. The molecule has 0 amide bonds. The van der Waals surface area contributed by atoms with Crippen LogP contribution in [0.4, 0.5) is 24.9 Å². The summed E-state index contributed by atoms with van der Waals surface area (Å²) < 4.78 is 50.3. The molecule has 0 bridgehead atoms. The zero-order valence-corrected chi connectivity index (χ0v) is 18.0. The molecule has 0 saturated heterocycles. The topological polar surface area (TPSA) is 73.1 Å². The fourth-order valence-electron chi connectivity index (χ4n) is 3.14. The van der Waals surface area contributed by atoms with E-state index in [9.17, 15) is 13.2 Å². The van der Waals surface area contributed by atoms with Crippen LogP contribution in [-0.2, 0) is 6.18 Å². The summed E-state index contributed by atoms with van der Waals surface area (Å²) in [5.41, 5.74) is 1.54. The Kier molecular flexibility index (Phi) is 6.44. The lowest BCUT2D eigenvalue weighted by Gasteiger charge is -2.11. The van der Waals surface area contributed by atoms with Gasteiger partial charge in [0.15, 0.2) is 0 Å². The molecule has 2 aromatic carbocycles. The second kappa shape index (κ2) is 9.62. The molecule has 1 N–H and O–H groups in total. The number of benzene rings is 2. The van der Waals surface area contributed by atoms with Crippen molar-refractivity contribution >= 4 is 23.9 Å². The number of pyridine rings is 1. The molecule has 0 unspecified atom stereocenters. The van der Waals surface area contributed by atoms with Crippen molar-refractivity contribution in [3.63, 3.8) is 0 Å². The molecule has 0 atom stereocenters. The number of anilines is 2. The number of rotatable bonds is 7. The summed E-state index contributed by atoms with van der Waals surface area (Å²) in [6, 6.07) is 13.4. The van der Waals surface area contributed by atoms with Crippen molar-refractivity contribution < 1.29 is 22.3 Å². The summed E-state index contributed by atoms with van der Waals surface area (Å²) in [4.78, 5) is 4.28. The van der Waals surface area contributed by atoms with Gasteiger partial charge in [0.05, 0.1) is 11.3 Å². The van der Waals surface area contributed by atoms with Crippen molar-refractivity contribution in [2.24, 2.45) is 0 Å². The Morgan fingerprint density at radius 3 is 2.56 bits per heavy atom. The van der Waals surface area contributed by atoms with E-state index in [2.05, 4.69) is 27.1 Å². The van der Waals surface area contributed by atoms with E-state index in [1.807, 2.05) is 19.1 Å². The van der Waals surface area contributed by atoms with Crippen molar-refractivity contribution in [3.8, 4) is 23.0 Å². The first kappa shape index (κ1) is 22.8. The monoisotopic (exact) mass is 464 g/mol. The summed E-state index contributed by atoms with van der Waals surface area (Å²) >= 11 is 0. The van der Waals surface area contributed by atoms with E-state index >= 15 is 0 Å². The second-order valence-corrected chi connectivity index (χ2v) is 7.05. The summed E-state index contributed by atoms with van der Waals surface area (Å²) in [6.07, 6.45) is 2.64.